The number of nitrogens with one attached hydrogen (secondary N) is 2. The maximum absolute atomic E-state index is 11.3. The third-order valence-corrected chi connectivity index (χ3v) is 4.11. The van der Waals surface area contributed by atoms with Crippen LogP contribution in [0.5, 0.6) is 5.75 Å². The van der Waals surface area contributed by atoms with E-state index in [1.54, 1.807) is 26.3 Å². The number of aliphatic imine (C=N–C) groups is 1. The summed E-state index contributed by atoms with van der Waals surface area (Å²) in [6.07, 6.45) is 0. The number of methoxy groups -OCH3 is 1. The first kappa shape index (κ1) is 24.7. The molecule has 1 amide bonds. The highest BCUT2D eigenvalue weighted by atomic mass is 127. The third kappa shape index (κ3) is 8.28. The van der Waals surface area contributed by atoms with Crippen molar-refractivity contribution < 1.29 is 14.3 Å². The van der Waals surface area contributed by atoms with Crippen LogP contribution in [-0.4, -0.2) is 39.2 Å². The molecular weight excluding hydrogens is 483 g/mol. The Bertz CT molecular complexity index is 827. The lowest BCUT2D eigenvalue weighted by Gasteiger charge is -2.15. The number of rotatable bonds is 9. The van der Waals surface area contributed by atoms with Gasteiger partial charge in [-0.1, -0.05) is 24.3 Å². The molecule has 0 aliphatic rings. The van der Waals surface area contributed by atoms with Gasteiger partial charge in [-0.2, -0.15) is 0 Å². The second-order valence-electron chi connectivity index (χ2n) is 6.30. The van der Waals surface area contributed by atoms with Gasteiger partial charge >= 0.3 is 0 Å². The van der Waals surface area contributed by atoms with Crippen molar-refractivity contribution in [2.45, 2.75) is 20.0 Å². The molecule has 0 radical (unpaired) electrons. The Labute approximate surface area is 189 Å². The van der Waals surface area contributed by atoms with Gasteiger partial charge in [0, 0.05) is 38.4 Å². The lowest BCUT2D eigenvalue weighted by atomic mass is 10.1. The normalized spacial score (nSPS) is 10.8. The molecule has 0 fully saturated rings. The molecule has 0 spiro atoms. The number of carbonyl (C=O) groups is 1. The number of ether oxygens (including phenoxy) is 2. The minimum absolute atomic E-state index is 0. The van der Waals surface area contributed by atoms with Gasteiger partial charge in [-0.15, -0.1) is 24.0 Å². The number of guanidine groups is 1. The molecule has 158 valence electrons. The van der Waals surface area contributed by atoms with Crippen molar-refractivity contribution in [3.63, 3.8) is 0 Å². The van der Waals surface area contributed by atoms with Crippen LogP contribution in [0.25, 0.3) is 0 Å². The van der Waals surface area contributed by atoms with Crippen molar-refractivity contribution in [1.29, 1.82) is 0 Å². The summed E-state index contributed by atoms with van der Waals surface area (Å²) < 4.78 is 10.9. The molecule has 8 heteroatoms. The molecule has 2 aromatic carbocycles. The van der Waals surface area contributed by atoms with Crippen LogP contribution in [0.3, 0.4) is 0 Å². The van der Waals surface area contributed by atoms with Gasteiger partial charge in [0.15, 0.2) is 5.96 Å². The summed E-state index contributed by atoms with van der Waals surface area (Å²) in [6.45, 7) is 4.14. The van der Waals surface area contributed by atoms with E-state index in [-0.39, 0.29) is 24.0 Å². The fourth-order valence-electron chi connectivity index (χ4n) is 2.60. The van der Waals surface area contributed by atoms with Crippen LogP contribution >= 0.6 is 24.0 Å². The number of hydrogen-bond acceptors (Lipinski definition) is 4. The fourth-order valence-corrected chi connectivity index (χ4v) is 2.60. The summed E-state index contributed by atoms with van der Waals surface area (Å²) in [5.41, 5.74) is 8.92. The molecule has 0 saturated heterocycles. The third-order valence-electron chi connectivity index (χ3n) is 4.11. The summed E-state index contributed by atoms with van der Waals surface area (Å²) in [7, 11) is 3.36. The number of hydrogen-bond donors (Lipinski definition) is 3. The largest absolute Gasteiger partial charge is 0.491 e. The van der Waals surface area contributed by atoms with Gasteiger partial charge in [0.25, 0.3) is 0 Å². The van der Waals surface area contributed by atoms with E-state index < -0.39 is 5.91 Å². The zero-order valence-electron chi connectivity index (χ0n) is 17.0. The van der Waals surface area contributed by atoms with Crippen molar-refractivity contribution >= 4 is 35.8 Å². The zero-order chi connectivity index (χ0) is 20.4. The molecule has 0 atom stereocenters. The van der Waals surface area contributed by atoms with E-state index in [1.807, 2.05) is 37.3 Å². The van der Waals surface area contributed by atoms with Gasteiger partial charge in [-0.05, 0) is 36.2 Å². The van der Waals surface area contributed by atoms with Crippen LogP contribution in [-0.2, 0) is 17.8 Å². The van der Waals surface area contributed by atoms with E-state index in [9.17, 15) is 4.79 Å². The van der Waals surface area contributed by atoms with E-state index in [0.717, 1.165) is 22.4 Å². The Morgan fingerprint density at radius 3 is 2.55 bits per heavy atom. The highest BCUT2D eigenvalue weighted by molar-refractivity contribution is 14.0. The topological polar surface area (TPSA) is 98.0 Å². The molecule has 0 aliphatic heterocycles. The lowest BCUT2D eigenvalue weighted by molar-refractivity contribution is 0.1000. The second kappa shape index (κ2) is 13.0. The number of primary amides is 1. The Hall–Kier alpha value is -2.33. The average Bonchev–Trinajstić information content (AvgIpc) is 2.69. The molecule has 2 aromatic rings. The molecule has 29 heavy (non-hydrogen) atoms. The first-order chi connectivity index (χ1) is 13.5. The number of benzene rings is 2. The number of halogens is 1. The predicted octanol–water partition coefficient (Wildman–Crippen LogP) is 2.60. The Morgan fingerprint density at radius 2 is 1.86 bits per heavy atom. The smallest absolute Gasteiger partial charge is 0.248 e. The van der Waals surface area contributed by atoms with Crippen molar-refractivity contribution in [3.05, 3.63) is 64.7 Å². The van der Waals surface area contributed by atoms with E-state index in [1.165, 1.54) is 0 Å². The highest BCUT2D eigenvalue weighted by Crippen LogP contribution is 2.20. The minimum Gasteiger partial charge on any atom is -0.491 e. The molecule has 0 bridgehead atoms. The van der Waals surface area contributed by atoms with Crippen LogP contribution in [0.1, 0.15) is 27.0 Å². The lowest BCUT2D eigenvalue weighted by Crippen LogP contribution is -2.36. The van der Waals surface area contributed by atoms with E-state index >= 15 is 0 Å². The van der Waals surface area contributed by atoms with Crippen LogP contribution < -0.4 is 21.1 Å². The number of aryl methyl sites for hydroxylation is 1. The summed E-state index contributed by atoms with van der Waals surface area (Å²) in [5, 5.41) is 6.51. The molecule has 7 nitrogen and oxygen atoms in total. The first-order valence-electron chi connectivity index (χ1n) is 9.08. The standard InChI is InChI=1S/C21H28N4O3.HI/c1-15-7-8-18(19(11-15)28-10-9-27-3)14-25-21(23-2)24-13-16-5-4-6-17(12-16)20(22)26;/h4-8,11-12H,9-10,13-14H2,1-3H3,(H2,22,26)(H2,23,24,25);1H. The van der Waals surface area contributed by atoms with Crippen molar-refractivity contribution in [2.24, 2.45) is 10.7 Å². The van der Waals surface area contributed by atoms with Crippen LogP contribution in [0, 0.1) is 6.92 Å². The predicted molar refractivity (Wildman–Crippen MR) is 126 cm³/mol. The van der Waals surface area contributed by atoms with Crippen molar-refractivity contribution in [1.82, 2.24) is 10.6 Å². The zero-order valence-corrected chi connectivity index (χ0v) is 19.4. The fraction of sp³-hybridized carbons (Fsp3) is 0.333. The first-order valence-corrected chi connectivity index (χ1v) is 9.08. The van der Waals surface area contributed by atoms with Crippen LogP contribution in [0.2, 0.25) is 0 Å². The summed E-state index contributed by atoms with van der Waals surface area (Å²) in [6, 6.07) is 13.3. The minimum atomic E-state index is -0.440. The van der Waals surface area contributed by atoms with Gasteiger partial charge in [0.2, 0.25) is 5.91 Å². The van der Waals surface area contributed by atoms with Gasteiger partial charge < -0.3 is 25.8 Å². The van der Waals surface area contributed by atoms with E-state index in [0.29, 0.717) is 37.8 Å². The molecule has 0 heterocycles. The van der Waals surface area contributed by atoms with Gasteiger partial charge in [-0.25, -0.2) is 0 Å². The van der Waals surface area contributed by atoms with Gasteiger partial charge in [0.05, 0.1) is 6.61 Å². The van der Waals surface area contributed by atoms with E-state index in [4.69, 9.17) is 15.2 Å². The van der Waals surface area contributed by atoms with Gasteiger partial charge in [0.1, 0.15) is 12.4 Å². The van der Waals surface area contributed by atoms with Crippen molar-refractivity contribution in [2.75, 3.05) is 27.4 Å². The molecule has 4 N–H and O–H groups in total. The number of carbonyl (C=O) groups excluding carboxylic acids is 1. The Kier molecular flexibility index (Phi) is 11.1. The summed E-state index contributed by atoms with van der Waals surface area (Å²) >= 11 is 0. The SMILES string of the molecule is CN=C(NCc1cccc(C(N)=O)c1)NCc1ccc(C)cc1OCCOC.I. The highest BCUT2D eigenvalue weighted by Gasteiger charge is 2.07. The molecular formula is C21H29IN4O3. The van der Waals surface area contributed by atoms with Gasteiger partial charge in [-0.3, -0.25) is 9.79 Å². The van der Waals surface area contributed by atoms with Crippen molar-refractivity contribution in [3.8, 4) is 5.75 Å². The monoisotopic (exact) mass is 512 g/mol. The quantitative estimate of drug-likeness (QED) is 0.208. The average molecular weight is 512 g/mol. The second-order valence-corrected chi connectivity index (χ2v) is 6.30. The molecule has 2 rings (SSSR count). The maximum atomic E-state index is 11.3. The summed E-state index contributed by atoms with van der Waals surface area (Å²) in [5.74, 6) is 1.03. The Balaban J connectivity index is 0.00000420. The molecule has 0 aliphatic carbocycles. The summed E-state index contributed by atoms with van der Waals surface area (Å²) in [4.78, 5) is 15.5. The molecule has 0 unspecified atom stereocenters. The van der Waals surface area contributed by atoms with E-state index in [2.05, 4.69) is 15.6 Å². The Morgan fingerprint density at radius 1 is 1.10 bits per heavy atom. The maximum Gasteiger partial charge on any atom is 0.248 e. The number of nitrogens with zero attached hydrogens (tertiary/aromatic N) is 1. The molecule has 0 aromatic heterocycles. The van der Waals surface area contributed by atoms with Crippen LogP contribution in [0.4, 0.5) is 0 Å². The number of amides is 1. The molecule has 0 saturated carbocycles. The number of nitrogens with two attached hydrogens (primary N) is 1. The van der Waals surface area contributed by atoms with Crippen LogP contribution in [0.15, 0.2) is 47.5 Å².